The highest BCUT2D eigenvalue weighted by Gasteiger charge is 2.09. The van der Waals surface area contributed by atoms with Gasteiger partial charge in [-0.1, -0.05) is 12.1 Å². The first-order valence-corrected chi connectivity index (χ1v) is 8.82. The SMILES string of the molecule is COCOc1ccc(C=O)cc1Cc1ccc(S(C)(=O)=O)cc1. The Morgan fingerprint density at radius 2 is 1.78 bits per heavy atom. The molecule has 0 saturated carbocycles. The van der Waals surface area contributed by atoms with E-state index in [0.717, 1.165) is 17.4 Å². The zero-order valence-electron chi connectivity index (χ0n) is 13.0. The third-order valence-electron chi connectivity index (χ3n) is 3.30. The number of rotatable bonds is 7. The van der Waals surface area contributed by atoms with Crippen molar-refractivity contribution >= 4 is 16.1 Å². The van der Waals surface area contributed by atoms with Gasteiger partial charge in [0.15, 0.2) is 16.6 Å². The van der Waals surface area contributed by atoms with E-state index in [1.165, 1.54) is 13.4 Å². The van der Waals surface area contributed by atoms with Crippen LogP contribution in [-0.2, 0) is 21.0 Å². The number of sulfone groups is 1. The largest absolute Gasteiger partial charge is 0.467 e. The molecule has 0 heterocycles. The van der Waals surface area contributed by atoms with Crippen molar-refractivity contribution in [3.8, 4) is 5.75 Å². The summed E-state index contributed by atoms with van der Waals surface area (Å²) in [4.78, 5) is 11.2. The lowest BCUT2D eigenvalue weighted by molar-refractivity contribution is 0.0505. The molecule has 23 heavy (non-hydrogen) atoms. The van der Waals surface area contributed by atoms with Gasteiger partial charge in [-0.2, -0.15) is 0 Å². The summed E-state index contributed by atoms with van der Waals surface area (Å²) in [6.07, 6.45) is 2.47. The van der Waals surface area contributed by atoms with Crippen LogP contribution in [0, 0.1) is 0 Å². The van der Waals surface area contributed by atoms with E-state index in [2.05, 4.69) is 0 Å². The maximum atomic E-state index is 11.5. The number of carbonyl (C=O) groups is 1. The molecule has 6 heteroatoms. The summed E-state index contributed by atoms with van der Waals surface area (Å²) in [7, 11) is -1.68. The number of carbonyl (C=O) groups excluding carboxylic acids is 1. The van der Waals surface area contributed by atoms with E-state index in [0.29, 0.717) is 17.7 Å². The van der Waals surface area contributed by atoms with Crippen molar-refractivity contribution in [2.75, 3.05) is 20.2 Å². The van der Waals surface area contributed by atoms with Crippen LogP contribution >= 0.6 is 0 Å². The third kappa shape index (κ3) is 4.64. The standard InChI is InChI=1S/C17H18O5S/c1-21-12-22-17-8-5-14(11-18)10-15(17)9-13-3-6-16(7-4-13)23(2,19)20/h3-8,10-11H,9,12H2,1-2H3. The minimum atomic E-state index is -3.21. The monoisotopic (exact) mass is 334 g/mol. The van der Waals surface area contributed by atoms with Crippen LogP contribution in [0.4, 0.5) is 0 Å². The summed E-state index contributed by atoms with van der Waals surface area (Å²) in [5.41, 5.74) is 2.30. The Labute approximate surface area is 135 Å². The zero-order chi connectivity index (χ0) is 16.9. The molecule has 0 atom stereocenters. The number of hydrogen-bond acceptors (Lipinski definition) is 5. The first-order valence-electron chi connectivity index (χ1n) is 6.93. The normalized spacial score (nSPS) is 11.2. The summed E-state index contributed by atoms with van der Waals surface area (Å²) in [6, 6.07) is 11.8. The molecule has 0 radical (unpaired) electrons. The molecule has 0 unspecified atom stereocenters. The molecule has 0 saturated heterocycles. The van der Waals surface area contributed by atoms with Gasteiger partial charge in [-0.15, -0.1) is 0 Å². The van der Waals surface area contributed by atoms with E-state index >= 15 is 0 Å². The van der Waals surface area contributed by atoms with E-state index in [4.69, 9.17) is 9.47 Å². The van der Waals surface area contributed by atoms with Crippen LogP contribution in [0.15, 0.2) is 47.4 Å². The first-order chi connectivity index (χ1) is 10.9. The second-order valence-corrected chi connectivity index (χ2v) is 7.14. The van der Waals surface area contributed by atoms with Gasteiger partial charge in [0, 0.05) is 25.3 Å². The third-order valence-corrected chi connectivity index (χ3v) is 4.43. The Morgan fingerprint density at radius 3 is 2.35 bits per heavy atom. The molecule has 0 N–H and O–H groups in total. The summed E-state index contributed by atoms with van der Waals surface area (Å²) in [5, 5.41) is 0. The Hall–Kier alpha value is -2.18. The van der Waals surface area contributed by atoms with Crippen molar-refractivity contribution in [1.82, 2.24) is 0 Å². The average molecular weight is 334 g/mol. The summed E-state index contributed by atoms with van der Waals surface area (Å²) in [6.45, 7) is 0.112. The highest BCUT2D eigenvalue weighted by Crippen LogP contribution is 2.23. The predicted octanol–water partition coefficient (Wildman–Crippen LogP) is 2.48. The Morgan fingerprint density at radius 1 is 1.09 bits per heavy atom. The molecule has 5 nitrogen and oxygen atoms in total. The van der Waals surface area contributed by atoms with Gasteiger partial charge in [-0.3, -0.25) is 4.79 Å². The highest BCUT2D eigenvalue weighted by atomic mass is 32.2. The van der Waals surface area contributed by atoms with Crippen molar-refractivity contribution in [3.05, 3.63) is 59.2 Å². The fourth-order valence-electron chi connectivity index (χ4n) is 2.15. The summed E-state index contributed by atoms with van der Waals surface area (Å²) >= 11 is 0. The molecule has 0 aliphatic heterocycles. The van der Waals surface area contributed by atoms with Gasteiger partial charge in [0.2, 0.25) is 0 Å². The van der Waals surface area contributed by atoms with Crippen LogP contribution in [0.3, 0.4) is 0 Å². The van der Waals surface area contributed by atoms with Crippen LogP contribution in [0.25, 0.3) is 0 Å². The quantitative estimate of drug-likeness (QED) is 0.575. The highest BCUT2D eigenvalue weighted by molar-refractivity contribution is 7.90. The van der Waals surface area contributed by atoms with E-state index in [9.17, 15) is 13.2 Å². The fraction of sp³-hybridized carbons (Fsp3) is 0.235. The van der Waals surface area contributed by atoms with Crippen molar-refractivity contribution < 1.29 is 22.7 Å². The smallest absolute Gasteiger partial charge is 0.188 e. The van der Waals surface area contributed by atoms with Gasteiger partial charge in [0.1, 0.15) is 12.0 Å². The number of aldehydes is 1. The van der Waals surface area contributed by atoms with Crippen molar-refractivity contribution in [2.45, 2.75) is 11.3 Å². The van der Waals surface area contributed by atoms with Crippen LogP contribution in [0.2, 0.25) is 0 Å². The van der Waals surface area contributed by atoms with Gasteiger partial charge in [-0.05, 0) is 41.5 Å². The molecule has 0 aromatic heterocycles. The second-order valence-electron chi connectivity index (χ2n) is 5.13. The molecule has 2 aromatic rings. The number of methoxy groups -OCH3 is 1. The Kier molecular flexibility index (Phi) is 5.52. The molecule has 2 rings (SSSR count). The molecular weight excluding hydrogens is 316 g/mol. The molecular formula is C17H18O5S. The van der Waals surface area contributed by atoms with Crippen LogP contribution in [-0.4, -0.2) is 34.9 Å². The Balaban J connectivity index is 2.28. The number of benzene rings is 2. The van der Waals surface area contributed by atoms with Gasteiger partial charge in [0.25, 0.3) is 0 Å². The molecule has 0 amide bonds. The van der Waals surface area contributed by atoms with Gasteiger partial charge >= 0.3 is 0 Å². The van der Waals surface area contributed by atoms with E-state index < -0.39 is 9.84 Å². The second kappa shape index (κ2) is 7.39. The van der Waals surface area contributed by atoms with Gasteiger partial charge in [0.05, 0.1) is 4.90 Å². The molecule has 0 fully saturated rings. The minimum Gasteiger partial charge on any atom is -0.467 e. The molecule has 122 valence electrons. The van der Waals surface area contributed by atoms with Gasteiger partial charge in [-0.25, -0.2) is 8.42 Å². The fourth-order valence-corrected chi connectivity index (χ4v) is 2.78. The lowest BCUT2D eigenvalue weighted by Crippen LogP contribution is -2.03. The van der Waals surface area contributed by atoms with Gasteiger partial charge < -0.3 is 9.47 Å². The van der Waals surface area contributed by atoms with Crippen LogP contribution in [0.5, 0.6) is 5.75 Å². The minimum absolute atomic E-state index is 0.112. The molecule has 0 spiro atoms. The van der Waals surface area contributed by atoms with E-state index in [1.807, 2.05) is 0 Å². The van der Waals surface area contributed by atoms with Crippen LogP contribution in [0.1, 0.15) is 21.5 Å². The molecule has 0 bridgehead atoms. The molecule has 0 aliphatic carbocycles. The first kappa shape index (κ1) is 17.2. The zero-order valence-corrected chi connectivity index (χ0v) is 13.8. The van der Waals surface area contributed by atoms with E-state index in [1.54, 1.807) is 42.5 Å². The molecule has 2 aromatic carbocycles. The average Bonchev–Trinajstić information content (AvgIpc) is 2.53. The number of hydrogen-bond donors (Lipinski definition) is 0. The van der Waals surface area contributed by atoms with Crippen molar-refractivity contribution in [1.29, 1.82) is 0 Å². The lowest BCUT2D eigenvalue weighted by atomic mass is 10.0. The maximum Gasteiger partial charge on any atom is 0.188 e. The van der Waals surface area contributed by atoms with E-state index in [-0.39, 0.29) is 11.7 Å². The Bertz CT molecular complexity index is 779. The lowest BCUT2D eigenvalue weighted by Gasteiger charge is -2.12. The topological polar surface area (TPSA) is 69.7 Å². The maximum absolute atomic E-state index is 11.5. The predicted molar refractivity (Wildman–Crippen MR) is 86.7 cm³/mol. The summed E-state index contributed by atoms with van der Waals surface area (Å²) in [5.74, 6) is 0.629. The van der Waals surface area contributed by atoms with Crippen molar-refractivity contribution in [3.63, 3.8) is 0 Å². The van der Waals surface area contributed by atoms with Crippen molar-refractivity contribution in [2.24, 2.45) is 0 Å². The molecule has 0 aliphatic rings. The summed E-state index contributed by atoms with van der Waals surface area (Å²) < 4.78 is 33.4. The number of ether oxygens (including phenoxy) is 2. The van der Waals surface area contributed by atoms with Crippen LogP contribution < -0.4 is 4.74 Å².